The van der Waals surface area contributed by atoms with Crippen molar-refractivity contribution >= 4 is 23.3 Å². The van der Waals surface area contributed by atoms with Crippen LogP contribution in [0.1, 0.15) is 43.4 Å². The summed E-state index contributed by atoms with van der Waals surface area (Å²) >= 11 is 6.43. The number of esters is 1. The Morgan fingerprint density at radius 1 is 0.941 bits per heavy atom. The Balaban J connectivity index is 2.24. The van der Waals surface area contributed by atoms with Crippen LogP contribution in [0.25, 0.3) is 0 Å². The topological polar surface area (TPSA) is 81.8 Å². The number of hydrogen-bond donors (Lipinski definition) is 0. The molecule has 3 aromatic carbocycles. The third kappa shape index (κ3) is 6.75. The van der Waals surface area contributed by atoms with Crippen LogP contribution >= 0.6 is 11.6 Å². The Labute approximate surface area is 204 Å². The summed E-state index contributed by atoms with van der Waals surface area (Å²) in [6.45, 7) is 4.71. The van der Waals surface area contributed by atoms with Gasteiger partial charge in [-0.3, -0.25) is 15.1 Å². The van der Waals surface area contributed by atoms with Crippen molar-refractivity contribution in [1.82, 2.24) is 0 Å². The summed E-state index contributed by atoms with van der Waals surface area (Å²) in [5.74, 6) is -1.58. The minimum absolute atomic E-state index is 0.332. The number of aliphatic imine (C=N–C) groups is 1. The summed E-state index contributed by atoms with van der Waals surface area (Å²) in [6.07, 6.45) is 0. The van der Waals surface area contributed by atoms with Crippen LogP contribution < -0.4 is 0 Å². The van der Waals surface area contributed by atoms with E-state index < -0.39 is 35.0 Å². The zero-order valence-corrected chi connectivity index (χ0v) is 20.1. The lowest BCUT2D eigenvalue weighted by molar-refractivity contribution is -0.483. The fraction of sp³-hybridized carbons (Fsp3) is 0.259. The molecule has 0 N–H and O–H groups in total. The average Bonchev–Trinajstić information content (AvgIpc) is 2.79. The first-order valence-corrected chi connectivity index (χ1v) is 11.3. The monoisotopic (exact) mass is 478 g/mol. The van der Waals surface area contributed by atoms with Gasteiger partial charge >= 0.3 is 5.97 Å². The predicted molar refractivity (Wildman–Crippen MR) is 134 cm³/mol. The van der Waals surface area contributed by atoms with Gasteiger partial charge in [0.1, 0.15) is 5.60 Å². The van der Waals surface area contributed by atoms with Crippen molar-refractivity contribution in [2.45, 2.75) is 38.3 Å². The van der Waals surface area contributed by atoms with Gasteiger partial charge in [-0.1, -0.05) is 90.5 Å². The second-order valence-corrected chi connectivity index (χ2v) is 9.24. The Kier molecular flexibility index (Phi) is 8.18. The Hall–Kier alpha value is -3.51. The summed E-state index contributed by atoms with van der Waals surface area (Å²) < 4.78 is 5.68. The second-order valence-electron chi connectivity index (χ2n) is 8.83. The minimum Gasteiger partial charge on any atom is -0.458 e. The standard InChI is InChI=1S/C27H27ClN2O4/c1-27(2,3)34-26(31)25(22(18-30(32)33)21-16-10-11-17-23(21)28)29-24(19-12-6-4-7-13-19)20-14-8-5-9-15-20/h4-17,22,25H,18H2,1-3H3/t22-,25+/m1/s1. The van der Waals surface area contributed by atoms with E-state index in [-0.39, 0.29) is 0 Å². The molecule has 0 saturated carbocycles. The molecule has 0 bridgehead atoms. The van der Waals surface area contributed by atoms with Gasteiger partial charge in [-0.15, -0.1) is 0 Å². The van der Waals surface area contributed by atoms with Crippen LogP contribution in [0.15, 0.2) is 89.9 Å². The Bertz CT molecular complexity index is 1120. The molecule has 0 unspecified atom stereocenters. The molecule has 0 aliphatic rings. The normalized spacial score (nSPS) is 12.9. The van der Waals surface area contributed by atoms with Crippen molar-refractivity contribution in [2.24, 2.45) is 4.99 Å². The lowest BCUT2D eigenvalue weighted by Gasteiger charge is -2.27. The number of carbonyl (C=O) groups excluding carboxylic acids is 1. The molecule has 3 rings (SSSR count). The molecule has 0 aromatic heterocycles. The van der Waals surface area contributed by atoms with Gasteiger partial charge in [-0.25, -0.2) is 4.79 Å². The van der Waals surface area contributed by atoms with E-state index in [4.69, 9.17) is 21.3 Å². The summed E-state index contributed by atoms with van der Waals surface area (Å²) in [6, 6.07) is 24.4. The van der Waals surface area contributed by atoms with Gasteiger partial charge in [0.15, 0.2) is 6.04 Å². The maximum atomic E-state index is 13.5. The molecule has 0 aliphatic heterocycles. The highest BCUT2D eigenvalue weighted by molar-refractivity contribution is 6.31. The lowest BCUT2D eigenvalue weighted by atomic mass is 9.90. The number of hydrogen-bond acceptors (Lipinski definition) is 5. The number of benzene rings is 3. The van der Waals surface area contributed by atoms with Crippen molar-refractivity contribution in [2.75, 3.05) is 6.54 Å². The van der Waals surface area contributed by atoms with Crippen LogP contribution in [0.4, 0.5) is 0 Å². The average molecular weight is 479 g/mol. The van der Waals surface area contributed by atoms with E-state index in [1.54, 1.807) is 45.0 Å². The van der Waals surface area contributed by atoms with Crippen molar-refractivity contribution in [3.05, 3.63) is 117 Å². The van der Waals surface area contributed by atoms with Gasteiger partial charge in [0.2, 0.25) is 6.54 Å². The largest absolute Gasteiger partial charge is 0.458 e. The van der Waals surface area contributed by atoms with Crippen molar-refractivity contribution in [3.8, 4) is 0 Å². The van der Waals surface area contributed by atoms with E-state index >= 15 is 0 Å². The molecule has 0 amide bonds. The highest BCUT2D eigenvalue weighted by atomic mass is 35.5. The third-order valence-electron chi connectivity index (χ3n) is 5.04. The molecular weight excluding hydrogens is 452 g/mol. The van der Waals surface area contributed by atoms with Crippen molar-refractivity contribution < 1.29 is 14.5 Å². The SMILES string of the molecule is CC(C)(C)OC(=O)[C@@H](N=C(c1ccccc1)c1ccccc1)[C@H](C[N+](=O)[O-])c1ccccc1Cl. The van der Waals surface area contributed by atoms with E-state index in [1.165, 1.54) is 0 Å². The summed E-state index contributed by atoms with van der Waals surface area (Å²) in [5, 5.41) is 12.0. The maximum Gasteiger partial charge on any atom is 0.332 e. The van der Waals surface area contributed by atoms with Crippen LogP contribution in [0.2, 0.25) is 5.02 Å². The number of rotatable bonds is 8. The van der Waals surface area contributed by atoms with Gasteiger partial charge in [0, 0.05) is 21.1 Å². The van der Waals surface area contributed by atoms with Crippen molar-refractivity contribution in [1.29, 1.82) is 0 Å². The highest BCUT2D eigenvalue weighted by Crippen LogP contribution is 2.31. The summed E-state index contributed by atoms with van der Waals surface area (Å²) in [5.41, 5.74) is 1.77. The smallest absolute Gasteiger partial charge is 0.332 e. The van der Waals surface area contributed by atoms with Gasteiger partial charge in [0.05, 0.1) is 11.6 Å². The van der Waals surface area contributed by atoms with E-state index in [0.29, 0.717) is 16.3 Å². The summed E-state index contributed by atoms with van der Waals surface area (Å²) in [4.78, 5) is 29.6. The zero-order chi connectivity index (χ0) is 24.7. The number of ether oxygens (including phenoxy) is 1. The molecule has 0 radical (unpaired) electrons. The highest BCUT2D eigenvalue weighted by Gasteiger charge is 2.38. The molecule has 0 saturated heterocycles. The molecule has 6 nitrogen and oxygen atoms in total. The lowest BCUT2D eigenvalue weighted by Crippen LogP contribution is -2.38. The molecule has 0 spiro atoms. The van der Waals surface area contributed by atoms with E-state index in [9.17, 15) is 14.9 Å². The molecule has 2 atom stereocenters. The van der Waals surface area contributed by atoms with Crippen molar-refractivity contribution in [3.63, 3.8) is 0 Å². The number of nitrogens with zero attached hydrogens (tertiary/aromatic N) is 2. The number of nitro groups is 1. The van der Waals surface area contributed by atoms with Gasteiger partial charge < -0.3 is 4.74 Å². The molecule has 176 valence electrons. The fourth-order valence-corrected chi connectivity index (χ4v) is 3.90. The van der Waals surface area contributed by atoms with Crippen LogP contribution in [-0.2, 0) is 9.53 Å². The molecule has 0 heterocycles. The van der Waals surface area contributed by atoms with Gasteiger partial charge in [-0.2, -0.15) is 0 Å². The quantitative estimate of drug-likeness (QED) is 0.173. The third-order valence-corrected chi connectivity index (χ3v) is 5.39. The molecular formula is C27H27ClN2O4. The molecule has 0 aliphatic carbocycles. The Morgan fingerprint density at radius 3 is 1.91 bits per heavy atom. The molecule has 3 aromatic rings. The second kappa shape index (κ2) is 11.1. The molecule has 0 fully saturated rings. The first-order valence-electron chi connectivity index (χ1n) is 10.9. The zero-order valence-electron chi connectivity index (χ0n) is 19.4. The molecule has 34 heavy (non-hydrogen) atoms. The van der Waals surface area contributed by atoms with Crippen LogP contribution in [0.3, 0.4) is 0 Å². The fourth-order valence-electron chi connectivity index (χ4n) is 3.62. The van der Waals surface area contributed by atoms with E-state index in [0.717, 1.165) is 11.1 Å². The van der Waals surface area contributed by atoms with Crippen LogP contribution in [0.5, 0.6) is 0 Å². The van der Waals surface area contributed by atoms with Gasteiger partial charge in [-0.05, 0) is 32.4 Å². The first-order chi connectivity index (χ1) is 16.2. The van der Waals surface area contributed by atoms with E-state index in [2.05, 4.69) is 0 Å². The molecule has 7 heteroatoms. The first kappa shape index (κ1) is 25.1. The Morgan fingerprint density at radius 2 is 1.44 bits per heavy atom. The van der Waals surface area contributed by atoms with Crippen LogP contribution in [0, 0.1) is 10.1 Å². The number of carbonyl (C=O) groups is 1. The predicted octanol–water partition coefficient (Wildman–Crippen LogP) is 5.95. The minimum atomic E-state index is -1.19. The summed E-state index contributed by atoms with van der Waals surface area (Å²) in [7, 11) is 0. The maximum absolute atomic E-state index is 13.5. The van der Waals surface area contributed by atoms with Crippen LogP contribution in [-0.4, -0.2) is 34.8 Å². The van der Waals surface area contributed by atoms with E-state index in [1.807, 2.05) is 60.7 Å². The number of halogens is 1. The van der Waals surface area contributed by atoms with Gasteiger partial charge in [0.25, 0.3) is 0 Å².